The lowest BCUT2D eigenvalue weighted by Gasteiger charge is -2.17. The molecule has 0 fully saturated rings. The Morgan fingerprint density at radius 2 is 2.04 bits per heavy atom. The van der Waals surface area contributed by atoms with E-state index in [4.69, 9.17) is 0 Å². The van der Waals surface area contributed by atoms with E-state index in [2.05, 4.69) is 15.4 Å². The normalized spacial score (nSPS) is 13.5. The van der Waals surface area contributed by atoms with Crippen LogP contribution in [0.15, 0.2) is 29.1 Å². The molecular weight excluding hydrogens is 308 g/mol. The standard InChI is InChI=1S/C16H16N6O2/c1-10-14-15(18-20(10)2)16(24)22(19-17-14)9-13(23)21-8-7-11-5-3-4-6-12(11)21/h3-6H,7-9H2,1-2H3. The summed E-state index contributed by atoms with van der Waals surface area (Å²) in [6.45, 7) is 2.29. The molecule has 24 heavy (non-hydrogen) atoms. The van der Waals surface area contributed by atoms with Crippen LogP contribution in [0.4, 0.5) is 5.69 Å². The summed E-state index contributed by atoms with van der Waals surface area (Å²) >= 11 is 0. The van der Waals surface area contributed by atoms with Crippen LogP contribution in [0.3, 0.4) is 0 Å². The Bertz CT molecular complexity index is 1020. The van der Waals surface area contributed by atoms with Crippen LogP contribution in [0.2, 0.25) is 0 Å². The van der Waals surface area contributed by atoms with Gasteiger partial charge in [0.25, 0.3) is 5.56 Å². The Kier molecular flexibility index (Phi) is 3.19. The summed E-state index contributed by atoms with van der Waals surface area (Å²) in [6.07, 6.45) is 0.820. The summed E-state index contributed by atoms with van der Waals surface area (Å²) in [4.78, 5) is 26.8. The number of aryl methyl sites for hydroxylation is 2. The van der Waals surface area contributed by atoms with Crippen LogP contribution < -0.4 is 10.5 Å². The summed E-state index contributed by atoms with van der Waals surface area (Å²) in [5, 5.41) is 12.1. The van der Waals surface area contributed by atoms with E-state index < -0.39 is 5.56 Å². The molecule has 0 unspecified atom stereocenters. The third-order valence-corrected chi connectivity index (χ3v) is 4.47. The molecule has 0 N–H and O–H groups in total. The number of carbonyl (C=O) groups is 1. The van der Waals surface area contributed by atoms with Crippen LogP contribution in [0, 0.1) is 6.92 Å². The monoisotopic (exact) mass is 324 g/mol. The number of hydrogen-bond donors (Lipinski definition) is 0. The van der Waals surface area contributed by atoms with E-state index in [9.17, 15) is 9.59 Å². The molecule has 1 aromatic carbocycles. The lowest BCUT2D eigenvalue weighted by Crippen LogP contribution is -2.36. The topological polar surface area (TPSA) is 85.9 Å². The molecule has 1 aliphatic rings. The summed E-state index contributed by atoms with van der Waals surface area (Å²) in [6, 6.07) is 7.79. The van der Waals surface area contributed by atoms with E-state index in [-0.39, 0.29) is 18.0 Å². The predicted octanol–water partition coefficient (Wildman–Crippen LogP) is 0.423. The number of amides is 1. The van der Waals surface area contributed by atoms with Crippen molar-refractivity contribution in [2.45, 2.75) is 19.9 Å². The average molecular weight is 324 g/mol. The Morgan fingerprint density at radius 1 is 1.25 bits per heavy atom. The lowest BCUT2D eigenvalue weighted by atomic mass is 10.2. The molecule has 0 atom stereocenters. The molecule has 1 amide bonds. The van der Waals surface area contributed by atoms with E-state index in [0.29, 0.717) is 12.1 Å². The predicted molar refractivity (Wildman–Crippen MR) is 87.8 cm³/mol. The average Bonchev–Trinajstić information content (AvgIpc) is 3.13. The van der Waals surface area contributed by atoms with Crippen LogP contribution in [-0.2, 0) is 24.8 Å². The van der Waals surface area contributed by atoms with Gasteiger partial charge in [-0.2, -0.15) is 9.78 Å². The zero-order valence-electron chi connectivity index (χ0n) is 13.4. The van der Waals surface area contributed by atoms with Crippen molar-refractivity contribution in [2.75, 3.05) is 11.4 Å². The lowest BCUT2D eigenvalue weighted by molar-refractivity contribution is -0.119. The van der Waals surface area contributed by atoms with Gasteiger partial charge in [-0.15, -0.1) is 5.10 Å². The minimum Gasteiger partial charge on any atom is -0.310 e. The smallest absolute Gasteiger partial charge is 0.298 e. The molecule has 0 saturated carbocycles. The third kappa shape index (κ3) is 2.10. The molecule has 0 saturated heterocycles. The van der Waals surface area contributed by atoms with Gasteiger partial charge < -0.3 is 4.90 Å². The molecule has 3 aromatic rings. The van der Waals surface area contributed by atoms with Gasteiger partial charge in [-0.1, -0.05) is 23.4 Å². The van der Waals surface area contributed by atoms with Gasteiger partial charge in [0.05, 0.1) is 5.69 Å². The number of carbonyl (C=O) groups excluding carboxylic acids is 1. The molecule has 122 valence electrons. The minimum atomic E-state index is -0.399. The zero-order valence-corrected chi connectivity index (χ0v) is 13.4. The maximum absolute atomic E-state index is 12.6. The Labute approximate surface area is 137 Å². The molecule has 3 heterocycles. The Morgan fingerprint density at radius 3 is 2.88 bits per heavy atom. The van der Waals surface area contributed by atoms with Gasteiger partial charge in [0.2, 0.25) is 5.91 Å². The fourth-order valence-electron chi connectivity index (χ4n) is 3.04. The van der Waals surface area contributed by atoms with Gasteiger partial charge in [-0.05, 0) is 25.0 Å². The molecule has 8 nitrogen and oxygen atoms in total. The van der Waals surface area contributed by atoms with E-state index in [1.807, 2.05) is 31.2 Å². The molecule has 1 aliphatic heterocycles. The van der Waals surface area contributed by atoms with Crippen LogP contribution >= 0.6 is 0 Å². The number of nitrogens with zero attached hydrogens (tertiary/aromatic N) is 6. The molecule has 0 bridgehead atoms. The number of aromatic nitrogens is 5. The molecule has 0 aliphatic carbocycles. The van der Waals surface area contributed by atoms with E-state index in [1.165, 1.54) is 0 Å². The highest BCUT2D eigenvalue weighted by atomic mass is 16.2. The summed E-state index contributed by atoms with van der Waals surface area (Å²) < 4.78 is 2.67. The molecule has 8 heteroatoms. The highest BCUT2D eigenvalue weighted by molar-refractivity contribution is 5.95. The molecule has 0 radical (unpaired) electrons. The third-order valence-electron chi connectivity index (χ3n) is 4.47. The summed E-state index contributed by atoms with van der Waals surface area (Å²) in [7, 11) is 1.74. The maximum atomic E-state index is 12.6. The van der Waals surface area contributed by atoms with Crippen LogP contribution in [0.1, 0.15) is 11.3 Å². The first-order valence-corrected chi connectivity index (χ1v) is 7.71. The fourth-order valence-corrected chi connectivity index (χ4v) is 3.04. The van der Waals surface area contributed by atoms with Crippen molar-refractivity contribution in [3.63, 3.8) is 0 Å². The van der Waals surface area contributed by atoms with E-state index >= 15 is 0 Å². The Hall–Kier alpha value is -3.03. The number of hydrogen-bond acceptors (Lipinski definition) is 5. The van der Waals surface area contributed by atoms with E-state index in [1.54, 1.807) is 16.6 Å². The minimum absolute atomic E-state index is 0.147. The van der Waals surface area contributed by atoms with Crippen LogP contribution in [0.5, 0.6) is 0 Å². The van der Waals surface area contributed by atoms with E-state index in [0.717, 1.165) is 28.0 Å². The second kappa shape index (κ2) is 5.26. The van der Waals surface area contributed by atoms with Gasteiger partial charge in [0.15, 0.2) is 5.52 Å². The zero-order chi connectivity index (χ0) is 16.8. The van der Waals surface area contributed by atoms with Crippen LogP contribution in [-0.4, -0.2) is 37.2 Å². The van der Waals surface area contributed by atoms with Crippen molar-refractivity contribution in [1.82, 2.24) is 24.8 Å². The molecule has 4 rings (SSSR count). The van der Waals surface area contributed by atoms with Gasteiger partial charge in [0.1, 0.15) is 12.1 Å². The van der Waals surface area contributed by atoms with Gasteiger partial charge >= 0.3 is 0 Å². The SMILES string of the molecule is Cc1c2nnn(CC(=O)N3CCc4ccccc43)c(=O)c2nn1C. The molecular formula is C16H16N6O2. The largest absolute Gasteiger partial charge is 0.310 e. The molecule has 0 spiro atoms. The van der Waals surface area contributed by atoms with Crippen molar-refractivity contribution < 1.29 is 4.79 Å². The number of fused-ring (bicyclic) bond motifs is 2. The van der Waals surface area contributed by atoms with Crippen molar-refractivity contribution >= 4 is 22.6 Å². The van der Waals surface area contributed by atoms with Crippen LogP contribution in [0.25, 0.3) is 11.0 Å². The first-order valence-electron chi connectivity index (χ1n) is 7.71. The van der Waals surface area contributed by atoms with Crippen molar-refractivity contribution in [2.24, 2.45) is 7.05 Å². The quantitative estimate of drug-likeness (QED) is 0.682. The van der Waals surface area contributed by atoms with Gasteiger partial charge in [0, 0.05) is 19.3 Å². The number of rotatable bonds is 2. The van der Waals surface area contributed by atoms with Gasteiger partial charge in [-0.25, -0.2) is 0 Å². The second-order valence-corrected chi connectivity index (χ2v) is 5.88. The van der Waals surface area contributed by atoms with Crippen molar-refractivity contribution in [1.29, 1.82) is 0 Å². The van der Waals surface area contributed by atoms with Crippen molar-refractivity contribution in [3.05, 3.63) is 45.9 Å². The highest BCUT2D eigenvalue weighted by Gasteiger charge is 2.25. The van der Waals surface area contributed by atoms with Crippen molar-refractivity contribution in [3.8, 4) is 0 Å². The fraction of sp³-hybridized carbons (Fsp3) is 0.312. The summed E-state index contributed by atoms with van der Waals surface area (Å²) in [5.74, 6) is -0.177. The first kappa shape index (κ1) is 14.6. The Balaban J connectivity index is 1.67. The number of benzene rings is 1. The number of para-hydroxylation sites is 1. The second-order valence-electron chi connectivity index (χ2n) is 5.88. The highest BCUT2D eigenvalue weighted by Crippen LogP contribution is 2.27. The number of anilines is 1. The van der Waals surface area contributed by atoms with Gasteiger partial charge in [-0.3, -0.25) is 14.3 Å². The maximum Gasteiger partial charge on any atom is 0.298 e. The molecule has 2 aromatic heterocycles. The first-order chi connectivity index (χ1) is 11.6. The summed E-state index contributed by atoms with van der Waals surface area (Å²) in [5.41, 5.74) is 3.11.